The van der Waals surface area contributed by atoms with Crippen LogP contribution in [0.3, 0.4) is 0 Å². The monoisotopic (exact) mass is 372 g/mol. The average molecular weight is 373 g/mol. The van der Waals surface area contributed by atoms with Crippen LogP contribution in [0.4, 0.5) is 5.69 Å². The zero-order valence-electron chi connectivity index (χ0n) is 15.4. The molecule has 1 unspecified atom stereocenters. The van der Waals surface area contributed by atoms with E-state index in [0.717, 1.165) is 17.8 Å². The van der Waals surface area contributed by atoms with Crippen LogP contribution in [0.15, 0.2) is 54.6 Å². The molecule has 0 spiro atoms. The first-order valence-electron chi connectivity index (χ1n) is 9.33. The summed E-state index contributed by atoms with van der Waals surface area (Å²) in [5, 5.41) is 0. The van der Waals surface area contributed by atoms with Crippen molar-refractivity contribution >= 4 is 24.0 Å². The molecule has 26 heavy (non-hydrogen) atoms. The number of nitrogens with zero attached hydrogens (tertiary/aromatic N) is 1. The largest absolute Gasteiger partial charge is 0.399 e. The Morgan fingerprint density at radius 2 is 1.77 bits per heavy atom. The average Bonchev–Trinajstić information content (AvgIpc) is 2.60. The van der Waals surface area contributed by atoms with Gasteiger partial charge in [-0.05, 0) is 49.3 Å². The van der Waals surface area contributed by atoms with Gasteiger partial charge in [0.15, 0.2) is 0 Å². The lowest BCUT2D eigenvalue weighted by atomic mass is 9.84. The number of nitrogen functional groups attached to an aromatic ring is 1. The van der Waals surface area contributed by atoms with Crippen LogP contribution < -0.4 is 5.73 Å². The molecule has 2 aromatic carbocycles. The molecule has 0 bridgehead atoms. The summed E-state index contributed by atoms with van der Waals surface area (Å²) in [5.41, 5.74) is 9.06. The number of rotatable bonds is 7. The fraction of sp³-hybridized carbons (Fsp3) is 0.409. The summed E-state index contributed by atoms with van der Waals surface area (Å²) in [5.74, 6) is 0.892. The second-order valence-electron chi connectivity index (χ2n) is 7.13. The maximum Gasteiger partial charge on any atom is 0.223 e. The molecule has 1 aliphatic rings. The highest BCUT2D eigenvalue weighted by Crippen LogP contribution is 2.31. The third-order valence-electron chi connectivity index (χ3n) is 5.41. The minimum absolute atomic E-state index is 0. The summed E-state index contributed by atoms with van der Waals surface area (Å²) in [6.07, 6.45) is 5.01. The summed E-state index contributed by atoms with van der Waals surface area (Å²) < 4.78 is 0. The molecule has 0 radical (unpaired) electrons. The van der Waals surface area contributed by atoms with Crippen molar-refractivity contribution in [3.8, 4) is 0 Å². The maximum atomic E-state index is 13.0. The van der Waals surface area contributed by atoms with Crippen LogP contribution in [0.25, 0.3) is 0 Å². The van der Waals surface area contributed by atoms with Crippen molar-refractivity contribution in [3.63, 3.8) is 0 Å². The van der Waals surface area contributed by atoms with Gasteiger partial charge in [-0.3, -0.25) is 4.79 Å². The Morgan fingerprint density at radius 1 is 1.12 bits per heavy atom. The first-order valence-corrected chi connectivity index (χ1v) is 9.33. The van der Waals surface area contributed by atoms with E-state index in [1.165, 1.54) is 24.8 Å². The van der Waals surface area contributed by atoms with Crippen molar-refractivity contribution in [1.82, 2.24) is 4.90 Å². The molecule has 1 aliphatic carbocycles. The molecule has 4 heteroatoms. The minimum Gasteiger partial charge on any atom is -0.399 e. The zero-order valence-corrected chi connectivity index (χ0v) is 16.3. The Bertz CT molecular complexity index is 700. The number of carbonyl (C=O) groups is 1. The van der Waals surface area contributed by atoms with Gasteiger partial charge in [0, 0.05) is 18.7 Å². The predicted molar refractivity (Wildman–Crippen MR) is 110 cm³/mol. The normalized spacial score (nSPS) is 14.8. The molecule has 1 amide bonds. The van der Waals surface area contributed by atoms with Crippen molar-refractivity contribution in [3.05, 3.63) is 65.7 Å². The molecule has 0 saturated heterocycles. The Balaban J connectivity index is 0.00000243. The highest BCUT2D eigenvalue weighted by atomic mass is 35.5. The van der Waals surface area contributed by atoms with Crippen LogP contribution in [-0.4, -0.2) is 17.4 Å². The molecule has 2 N–H and O–H groups in total. The van der Waals surface area contributed by atoms with Crippen LogP contribution in [-0.2, 0) is 11.2 Å². The van der Waals surface area contributed by atoms with Crippen LogP contribution >= 0.6 is 12.4 Å². The predicted octanol–water partition coefficient (Wildman–Crippen LogP) is 5.01. The lowest BCUT2D eigenvalue weighted by molar-refractivity contribution is -0.134. The Hall–Kier alpha value is -2.00. The molecular weight excluding hydrogens is 344 g/mol. The fourth-order valence-electron chi connectivity index (χ4n) is 3.49. The maximum absolute atomic E-state index is 13.0. The Morgan fingerprint density at radius 3 is 2.38 bits per heavy atom. The van der Waals surface area contributed by atoms with Gasteiger partial charge in [0.25, 0.3) is 0 Å². The molecule has 0 aliphatic heterocycles. The van der Waals surface area contributed by atoms with Crippen molar-refractivity contribution in [2.24, 2.45) is 5.92 Å². The summed E-state index contributed by atoms with van der Waals surface area (Å²) >= 11 is 0. The summed E-state index contributed by atoms with van der Waals surface area (Å²) in [7, 11) is 0. The van der Waals surface area contributed by atoms with Crippen molar-refractivity contribution < 1.29 is 4.79 Å². The summed E-state index contributed by atoms with van der Waals surface area (Å²) in [4.78, 5) is 15.1. The number of benzene rings is 2. The molecule has 1 atom stereocenters. The number of hydrogen-bond acceptors (Lipinski definition) is 2. The van der Waals surface area contributed by atoms with Crippen LogP contribution in [0.2, 0.25) is 0 Å². The number of aryl methyl sites for hydroxylation is 1. The Labute approximate surface area is 163 Å². The third kappa shape index (κ3) is 5.01. The molecule has 3 nitrogen and oxygen atoms in total. The second-order valence-corrected chi connectivity index (χ2v) is 7.13. The number of para-hydroxylation sites is 1. The number of nitrogens with two attached hydrogens (primary N) is 1. The lowest BCUT2D eigenvalue weighted by Crippen LogP contribution is -2.39. The van der Waals surface area contributed by atoms with E-state index in [1.54, 1.807) is 0 Å². The molecular formula is C22H29ClN2O. The van der Waals surface area contributed by atoms with Gasteiger partial charge in [-0.25, -0.2) is 0 Å². The van der Waals surface area contributed by atoms with E-state index in [-0.39, 0.29) is 24.4 Å². The first-order chi connectivity index (χ1) is 12.1. The highest BCUT2D eigenvalue weighted by molar-refractivity contribution is 5.85. The number of carbonyl (C=O) groups excluding carboxylic acids is 1. The van der Waals surface area contributed by atoms with Crippen LogP contribution in [0, 0.1) is 5.92 Å². The molecule has 3 rings (SSSR count). The van der Waals surface area contributed by atoms with Crippen molar-refractivity contribution in [2.75, 3.05) is 12.3 Å². The SMILES string of the molecule is CC(c1ccccc1)N(CC1CCC1)C(=O)CCc1ccccc1N.Cl. The highest BCUT2D eigenvalue weighted by Gasteiger charge is 2.27. The summed E-state index contributed by atoms with van der Waals surface area (Å²) in [6.45, 7) is 3.02. The number of anilines is 1. The minimum atomic E-state index is 0. The molecule has 2 aromatic rings. The zero-order chi connectivity index (χ0) is 17.6. The van der Waals surface area contributed by atoms with Gasteiger partial charge in [0.1, 0.15) is 0 Å². The van der Waals surface area contributed by atoms with Gasteiger partial charge >= 0.3 is 0 Å². The molecule has 1 fully saturated rings. The lowest BCUT2D eigenvalue weighted by Gasteiger charge is -2.36. The topological polar surface area (TPSA) is 46.3 Å². The van der Waals surface area contributed by atoms with Gasteiger partial charge in [-0.2, -0.15) is 0 Å². The molecule has 1 saturated carbocycles. The summed E-state index contributed by atoms with van der Waals surface area (Å²) in [6, 6.07) is 18.3. The standard InChI is InChI=1S/C22H28N2O.ClH/c1-17(19-10-3-2-4-11-19)24(16-18-8-7-9-18)22(25)15-14-20-12-5-6-13-21(20)23;/h2-6,10-13,17-18H,7-9,14-16,23H2,1H3;1H. The fourth-order valence-corrected chi connectivity index (χ4v) is 3.49. The van der Waals surface area contributed by atoms with E-state index >= 15 is 0 Å². The number of halogens is 1. The van der Waals surface area contributed by atoms with Crippen LogP contribution in [0.5, 0.6) is 0 Å². The van der Waals surface area contributed by atoms with Gasteiger partial charge < -0.3 is 10.6 Å². The van der Waals surface area contributed by atoms with E-state index in [0.29, 0.717) is 18.8 Å². The van der Waals surface area contributed by atoms with E-state index in [1.807, 2.05) is 42.5 Å². The van der Waals surface area contributed by atoms with Gasteiger partial charge in [-0.1, -0.05) is 55.0 Å². The van der Waals surface area contributed by atoms with Crippen molar-refractivity contribution in [2.45, 2.75) is 45.1 Å². The number of hydrogen-bond donors (Lipinski definition) is 1. The van der Waals surface area contributed by atoms with E-state index in [2.05, 4.69) is 24.0 Å². The Kier molecular flexibility index (Phi) is 7.52. The smallest absolute Gasteiger partial charge is 0.223 e. The van der Waals surface area contributed by atoms with Gasteiger partial charge in [0.05, 0.1) is 6.04 Å². The number of amides is 1. The van der Waals surface area contributed by atoms with Gasteiger partial charge in [-0.15, -0.1) is 12.4 Å². The molecule has 140 valence electrons. The van der Waals surface area contributed by atoms with Crippen molar-refractivity contribution in [1.29, 1.82) is 0 Å². The van der Waals surface area contributed by atoms with Gasteiger partial charge in [0.2, 0.25) is 5.91 Å². The van der Waals surface area contributed by atoms with E-state index in [4.69, 9.17) is 5.73 Å². The van der Waals surface area contributed by atoms with E-state index < -0.39 is 0 Å². The van der Waals surface area contributed by atoms with Crippen LogP contribution in [0.1, 0.15) is 49.8 Å². The molecule has 0 heterocycles. The van der Waals surface area contributed by atoms with E-state index in [9.17, 15) is 4.79 Å². The second kappa shape index (κ2) is 9.63. The third-order valence-corrected chi connectivity index (χ3v) is 5.41. The quantitative estimate of drug-likeness (QED) is 0.694. The molecule has 0 aromatic heterocycles. The first kappa shape index (κ1) is 20.3.